The van der Waals surface area contributed by atoms with E-state index in [1.807, 2.05) is 0 Å². The molecule has 0 atom stereocenters. The fraction of sp³-hybridized carbons (Fsp3) is 1.00. The minimum absolute atomic E-state index is 0.299. The van der Waals surface area contributed by atoms with Crippen LogP contribution < -0.4 is 0 Å². The lowest BCUT2D eigenvalue weighted by Gasteiger charge is -2.46. The quantitative estimate of drug-likeness (QED) is 0.273. The number of hydrogen-bond donors (Lipinski definition) is 0. The molecule has 0 nitrogen and oxygen atoms in total. The van der Waals surface area contributed by atoms with Crippen molar-refractivity contribution in [2.75, 3.05) is 24.6 Å². The topological polar surface area (TPSA) is 0 Å². The van der Waals surface area contributed by atoms with E-state index in [2.05, 4.69) is 27.7 Å². The molecule has 1 saturated carbocycles. The third kappa shape index (κ3) is 6.94. The zero-order valence-corrected chi connectivity index (χ0v) is 18.5. The van der Waals surface area contributed by atoms with Crippen molar-refractivity contribution in [3.8, 4) is 0 Å². The molecule has 0 spiro atoms. The van der Waals surface area contributed by atoms with Crippen LogP contribution in [0.5, 0.6) is 0 Å². The van der Waals surface area contributed by atoms with Crippen LogP contribution in [0.2, 0.25) is 0 Å². The number of hydrogen-bond acceptors (Lipinski definition) is 0. The predicted molar refractivity (Wildman–Crippen MR) is 114 cm³/mol. The van der Waals surface area contributed by atoms with E-state index in [0.717, 1.165) is 4.90 Å². The summed E-state index contributed by atoms with van der Waals surface area (Å²) in [6.07, 6.45) is 24.4. The molecule has 0 heterocycles. The van der Waals surface area contributed by atoms with E-state index in [-0.39, 0.29) is 0 Å². The van der Waals surface area contributed by atoms with Gasteiger partial charge in [0.2, 0.25) is 0 Å². The molecule has 0 aromatic carbocycles. The van der Waals surface area contributed by atoms with E-state index in [4.69, 9.17) is 0 Å². The molecule has 0 bridgehead atoms. The average Bonchev–Trinajstić information content (AvgIpc) is 3.05. The molecule has 1 aliphatic carbocycles. The highest BCUT2D eigenvalue weighted by Gasteiger charge is 2.45. The van der Waals surface area contributed by atoms with Crippen molar-refractivity contribution in [1.29, 1.82) is 0 Å². The van der Waals surface area contributed by atoms with Crippen molar-refractivity contribution in [2.45, 2.75) is 110 Å². The molecular weight excluding hydrogens is 314 g/mol. The van der Waals surface area contributed by atoms with E-state index in [1.165, 1.54) is 51.4 Å². The van der Waals surface area contributed by atoms with Gasteiger partial charge in [-0.05, 0) is 63.2 Å². The summed E-state index contributed by atoms with van der Waals surface area (Å²) >= 11 is 0. The summed E-state index contributed by atoms with van der Waals surface area (Å²) < 4.78 is 0. The van der Waals surface area contributed by atoms with Gasteiger partial charge in [0, 0.05) is 4.90 Å². The summed E-state index contributed by atoms with van der Waals surface area (Å²) in [7, 11) is 0.597. The molecule has 1 fully saturated rings. The molecule has 0 aromatic heterocycles. The highest BCUT2D eigenvalue weighted by atomic mass is 31.2. The molecule has 0 saturated heterocycles. The molecule has 2 heteroatoms. The van der Waals surface area contributed by atoms with E-state index in [9.17, 15) is 0 Å². The highest BCUT2D eigenvalue weighted by molar-refractivity contribution is 7.77. The number of rotatable bonds is 14. The first-order valence-electron chi connectivity index (χ1n) is 10.7. The Kier molecular flexibility index (Phi) is 12.5. The Morgan fingerprint density at radius 2 is 0.870 bits per heavy atom. The Hall–Kier alpha value is 0.860. The maximum absolute atomic E-state index is 2.39. The van der Waals surface area contributed by atoms with Gasteiger partial charge in [-0.15, -0.1) is 0 Å². The van der Waals surface area contributed by atoms with Crippen molar-refractivity contribution in [3.05, 3.63) is 0 Å². The van der Waals surface area contributed by atoms with E-state index < -0.39 is 0 Å². The van der Waals surface area contributed by atoms with Gasteiger partial charge in [-0.1, -0.05) is 82.1 Å². The Labute approximate surface area is 150 Å². The lowest BCUT2D eigenvalue weighted by Crippen LogP contribution is -2.26. The Morgan fingerprint density at radius 3 is 1.13 bits per heavy atom. The zero-order valence-electron chi connectivity index (χ0n) is 16.7. The molecule has 0 unspecified atom stereocenters. The first-order chi connectivity index (χ1) is 11.2. The summed E-state index contributed by atoms with van der Waals surface area (Å²) in [4.78, 5) is 0.860. The Bertz CT molecular complexity index is 233. The second-order valence-electron chi connectivity index (χ2n) is 7.58. The predicted octanol–water partition coefficient (Wildman–Crippen LogP) is 8.42. The second-order valence-corrected chi connectivity index (χ2v) is 13.6. The lowest BCUT2D eigenvalue weighted by atomic mass is 10.3. The maximum atomic E-state index is 2.39. The summed E-state index contributed by atoms with van der Waals surface area (Å²) in [6, 6.07) is 0. The zero-order chi connectivity index (χ0) is 17.0. The van der Waals surface area contributed by atoms with Gasteiger partial charge < -0.3 is 0 Å². The highest BCUT2D eigenvalue weighted by Crippen LogP contribution is 2.73. The standard InChI is InChI=1S/C21H44P2/c1-5-9-17-22(18-10-6-2)21(15-13-14-16-21)23(19-11-7-3)20-12-8-4/h5-20H2,1-4H3. The normalized spacial score (nSPS) is 17.5. The molecule has 0 N–H and O–H groups in total. The van der Waals surface area contributed by atoms with Crippen LogP contribution in [0.25, 0.3) is 0 Å². The van der Waals surface area contributed by atoms with Gasteiger partial charge in [0.05, 0.1) is 0 Å². The minimum Gasteiger partial charge on any atom is -0.0959 e. The first-order valence-corrected chi connectivity index (χ1v) is 14.2. The van der Waals surface area contributed by atoms with Crippen LogP contribution in [0.1, 0.15) is 105 Å². The lowest BCUT2D eigenvalue weighted by molar-refractivity contribution is 0.761. The second kappa shape index (κ2) is 13.1. The van der Waals surface area contributed by atoms with Crippen LogP contribution in [-0.2, 0) is 0 Å². The van der Waals surface area contributed by atoms with Gasteiger partial charge in [-0.2, -0.15) is 0 Å². The fourth-order valence-corrected chi connectivity index (χ4v) is 13.8. The number of unbranched alkanes of at least 4 members (excludes halogenated alkanes) is 4. The van der Waals surface area contributed by atoms with Crippen LogP contribution in [0, 0.1) is 0 Å². The molecule has 0 aromatic rings. The molecule has 138 valence electrons. The minimum atomic E-state index is 0.299. The Balaban J connectivity index is 2.91. The maximum Gasteiger partial charge on any atom is 0.0106 e. The van der Waals surface area contributed by atoms with Gasteiger partial charge >= 0.3 is 0 Å². The molecule has 0 aliphatic heterocycles. The van der Waals surface area contributed by atoms with Crippen LogP contribution in [0.15, 0.2) is 0 Å². The van der Waals surface area contributed by atoms with Gasteiger partial charge in [0.25, 0.3) is 0 Å². The van der Waals surface area contributed by atoms with Crippen LogP contribution in [0.3, 0.4) is 0 Å². The van der Waals surface area contributed by atoms with Crippen molar-refractivity contribution in [1.82, 2.24) is 0 Å². The molecule has 1 rings (SSSR count). The fourth-order valence-electron chi connectivity index (χ4n) is 4.23. The van der Waals surface area contributed by atoms with E-state index in [1.54, 1.807) is 50.3 Å². The third-order valence-electron chi connectivity index (χ3n) is 5.71. The van der Waals surface area contributed by atoms with Gasteiger partial charge in [0.1, 0.15) is 0 Å². The van der Waals surface area contributed by atoms with Gasteiger partial charge in [0.15, 0.2) is 0 Å². The van der Waals surface area contributed by atoms with Crippen LogP contribution >= 0.6 is 15.8 Å². The monoisotopic (exact) mass is 358 g/mol. The van der Waals surface area contributed by atoms with Crippen LogP contribution in [-0.4, -0.2) is 29.5 Å². The van der Waals surface area contributed by atoms with Crippen molar-refractivity contribution in [2.24, 2.45) is 0 Å². The third-order valence-corrected chi connectivity index (χ3v) is 14.1. The van der Waals surface area contributed by atoms with E-state index >= 15 is 0 Å². The molecule has 0 amide bonds. The summed E-state index contributed by atoms with van der Waals surface area (Å²) in [5, 5.41) is 0. The van der Waals surface area contributed by atoms with Crippen molar-refractivity contribution < 1.29 is 0 Å². The SMILES string of the molecule is CCCCP(CCCC)C1(P(CCCC)CCCC)CCCC1. The molecular formula is C21H44P2. The largest absolute Gasteiger partial charge is 0.0959 e. The molecule has 1 aliphatic rings. The smallest absolute Gasteiger partial charge is 0.0106 e. The Morgan fingerprint density at radius 1 is 0.565 bits per heavy atom. The summed E-state index contributed by atoms with van der Waals surface area (Å²) in [5.41, 5.74) is 0. The van der Waals surface area contributed by atoms with Gasteiger partial charge in [-0.25, -0.2) is 0 Å². The first kappa shape index (κ1) is 21.9. The molecule has 23 heavy (non-hydrogen) atoms. The molecule has 0 radical (unpaired) electrons. The van der Waals surface area contributed by atoms with Crippen molar-refractivity contribution >= 4 is 15.8 Å². The van der Waals surface area contributed by atoms with E-state index in [0.29, 0.717) is 15.8 Å². The van der Waals surface area contributed by atoms with Crippen LogP contribution in [0.4, 0.5) is 0 Å². The summed E-state index contributed by atoms with van der Waals surface area (Å²) in [5.74, 6) is 0. The average molecular weight is 359 g/mol. The summed E-state index contributed by atoms with van der Waals surface area (Å²) in [6.45, 7) is 9.58. The van der Waals surface area contributed by atoms with Gasteiger partial charge in [-0.3, -0.25) is 0 Å². The van der Waals surface area contributed by atoms with Crippen molar-refractivity contribution in [3.63, 3.8) is 0 Å².